The van der Waals surface area contributed by atoms with Gasteiger partial charge < -0.3 is 21.9 Å². The van der Waals surface area contributed by atoms with Crippen LogP contribution < -0.4 is 17.2 Å². The van der Waals surface area contributed by atoms with Crippen molar-refractivity contribution in [1.82, 2.24) is 9.88 Å². The Bertz CT molecular complexity index is 1080. The molecular formula is C23H26N6O. The van der Waals surface area contributed by atoms with E-state index >= 15 is 0 Å². The Kier molecular flexibility index (Phi) is 5.92. The Hall–Kier alpha value is -3.42. The number of nitrogens with zero attached hydrogens (tertiary/aromatic N) is 3. The number of hydrogen-bond donors (Lipinski definition) is 3. The minimum Gasteiger partial charge on any atom is -0.396 e. The summed E-state index contributed by atoms with van der Waals surface area (Å²) in [5.74, 6) is -0.0349. The highest BCUT2D eigenvalue weighted by molar-refractivity contribution is 5.96. The third-order valence-corrected chi connectivity index (χ3v) is 5.18. The summed E-state index contributed by atoms with van der Waals surface area (Å²) in [6.45, 7) is 4.23. The molecule has 4 rings (SSSR count). The number of morpholine rings is 1. The lowest BCUT2D eigenvalue weighted by Crippen LogP contribution is -2.35. The van der Waals surface area contributed by atoms with Gasteiger partial charge in [-0.15, -0.1) is 0 Å². The summed E-state index contributed by atoms with van der Waals surface area (Å²) < 4.78 is 5.47. The molecule has 1 fully saturated rings. The third kappa shape index (κ3) is 4.42. The average Bonchev–Trinajstić information content (AvgIpc) is 2.78. The minimum absolute atomic E-state index is 0.0349. The van der Waals surface area contributed by atoms with E-state index < -0.39 is 0 Å². The number of benzene rings is 2. The molecule has 154 valence electrons. The molecule has 1 aromatic heterocycles. The molecular weight excluding hydrogens is 376 g/mol. The van der Waals surface area contributed by atoms with Crippen molar-refractivity contribution in [2.45, 2.75) is 6.54 Å². The monoisotopic (exact) mass is 402 g/mol. The first-order valence-corrected chi connectivity index (χ1v) is 9.95. The Labute approximate surface area is 175 Å². The highest BCUT2D eigenvalue weighted by Crippen LogP contribution is 2.27. The summed E-state index contributed by atoms with van der Waals surface area (Å²) in [5, 5.41) is 1.07. The largest absolute Gasteiger partial charge is 0.396 e. The van der Waals surface area contributed by atoms with Gasteiger partial charge in [-0.05, 0) is 23.8 Å². The summed E-state index contributed by atoms with van der Waals surface area (Å²) in [5.41, 5.74) is 22.8. The highest BCUT2D eigenvalue weighted by atomic mass is 16.5. The summed E-state index contributed by atoms with van der Waals surface area (Å²) in [6.07, 6.45) is 1.85. The molecule has 7 nitrogen and oxygen atoms in total. The number of fused-ring (bicyclic) bond motifs is 1. The Morgan fingerprint density at radius 2 is 1.73 bits per heavy atom. The molecule has 6 N–H and O–H groups in total. The van der Waals surface area contributed by atoms with Gasteiger partial charge in [-0.2, -0.15) is 0 Å². The Morgan fingerprint density at radius 1 is 0.967 bits per heavy atom. The smallest absolute Gasteiger partial charge is 0.191 e. The van der Waals surface area contributed by atoms with Crippen LogP contribution in [0.25, 0.3) is 22.3 Å². The van der Waals surface area contributed by atoms with Gasteiger partial charge in [0.2, 0.25) is 0 Å². The lowest BCUT2D eigenvalue weighted by atomic mass is 10.0. The lowest BCUT2D eigenvalue weighted by Gasteiger charge is -2.27. The van der Waals surface area contributed by atoms with E-state index in [1.165, 1.54) is 5.56 Å². The lowest BCUT2D eigenvalue weighted by molar-refractivity contribution is 0.0343. The third-order valence-electron chi connectivity index (χ3n) is 5.18. The van der Waals surface area contributed by atoms with Crippen LogP contribution in [0.3, 0.4) is 0 Å². The molecule has 0 unspecified atom stereocenters. The van der Waals surface area contributed by atoms with Crippen LogP contribution in [0, 0.1) is 0 Å². The van der Waals surface area contributed by atoms with Crippen LogP contribution >= 0.6 is 0 Å². The molecule has 3 aromatic rings. The van der Waals surface area contributed by atoms with Gasteiger partial charge in [0.05, 0.1) is 30.1 Å². The fourth-order valence-electron chi connectivity index (χ4n) is 3.65. The van der Waals surface area contributed by atoms with E-state index in [9.17, 15) is 0 Å². The van der Waals surface area contributed by atoms with Crippen LogP contribution in [0.4, 0.5) is 0 Å². The van der Waals surface area contributed by atoms with Crippen LogP contribution in [0.1, 0.15) is 16.7 Å². The summed E-state index contributed by atoms with van der Waals surface area (Å²) >= 11 is 0. The molecule has 0 amide bonds. The van der Waals surface area contributed by atoms with Crippen LogP contribution in [0.5, 0.6) is 0 Å². The van der Waals surface area contributed by atoms with Crippen molar-refractivity contribution in [1.29, 1.82) is 0 Å². The number of aromatic nitrogens is 1. The predicted molar refractivity (Wildman–Crippen MR) is 121 cm³/mol. The molecule has 0 radical (unpaired) electrons. The molecule has 1 aliphatic heterocycles. The highest BCUT2D eigenvalue weighted by Gasteiger charge is 2.14. The number of rotatable bonds is 5. The molecule has 0 bridgehead atoms. The molecule has 0 saturated carbocycles. The van der Waals surface area contributed by atoms with E-state index in [-0.39, 0.29) is 5.96 Å². The number of pyridine rings is 1. The van der Waals surface area contributed by atoms with E-state index in [4.69, 9.17) is 21.9 Å². The van der Waals surface area contributed by atoms with Crippen molar-refractivity contribution in [3.8, 4) is 0 Å². The second kappa shape index (κ2) is 8.94. The van der Waals surface area contributed by atoms with E-state index in [2.05, 4.69) is 27.0 Å². The van der Waals surface area contributed by atoms with Gasteiger partial charge in [0.15, 0.2) is 5.96 Å². The van der Waals surface area contributed by atoms with Gasteiger partial charge >= 0.3 is 0 Å². The zero-order valence-electron chi connectivity index (χ0n) is 16.8. The van der Waals surface area contributed by atoms with Gasteiger partial charge in [0, 0.05) is 42.3 Å². The minimum atomic E-state index is -0.0349. The molecule has 1 aliphatic rings. The molecule has 30 heavy (non-hydrogen) atoms. The molecule has 7 heteroatoms. The fourth-order valence-corrected chi connectivity index (χ4v) is 3.65. The molecule has 0 spiro atoms. The first kappa shape index (κ1) is 19.9. The summed E-state index contributed by atoms with van der Waals surface area (Å²) in [4.78, 5) is 11.2. The summed E-state index contributed by atoms with van der Waals surface area (Å²) in [6, 6.07) is 17.7. The van der Waals surface area contributed by atoms with Crippen LogP contribution in [0.2, 0.25) is 0 Å². The number of guanidine groups is 1. The number of ether oxygens (including phenoxy) is 1. The number of hydrogen-bond acceptors (Lipinski definition) is 5. The number of nitrogens with two attached hydrogens (primary N) is 3. The second-order valence-corrected chi connectivity index (χ2v) is 7.26. The van der Waals surface area contributed by atoms with Crippen molar-refractivity contribution in [2.24, 2.45) is 22.2 Å². The average molecular weight is 403 g/mol. The number of aliphatic imine (C=N–C) groups is 1. The van der Waals surface area contributed by atoms with Crippen molar-refractivity contribution in [3.63, 3.8) is 0 Å². The SMILES string of the molecule is NC(N)=N/C(=C(\N)c1ccc2nccc(CN3CCOCC3)c2c1)c1ccccc1. The van der Waals surface area contributed by atoms with Gasteiger partial charge in [-0.1, -0.05) is 36.4 Å². The van der Waals surface area contributed by atoms with Gasteiger partial charge in [-0.25, -0.2) is 4.99 Å². The topological polar surface area (TPSA) is 116 Å². The van der Waals surface area contributed by atoms with Crippen LogP contribution in [-0.4, -0.2) is 42.1 Å². The Balaban J connectivity index is 1.78. The first-order valence-electron chi connectivity index (χ1n) is 9.95. The quantitative estimate of drug-likeness (QED) is 0.342. The van der Waals surface area contributed by atoms with Gasteiger partial charge in [0.25, 0.3) is 0 Å². The first-order chi connectivity index (χ1) is 14.6. The molecule has 0 aliphatic carbocycles. The van der Waals surface area contributed by atoms with Crippen molar-refractivity contribution < 1.29 is 4.74 Å². The zero-order chi connectivity index (χ0) is 20.9. The van der Waals surface area contributed by atoms with Crippen LogP contribution in [0.15, 0.2) is 65.8 Å². The molecule has 0 atom stereocenters. The van der Waals surface area contributed by atoms with Gasteiger partial charge in [-0.3, -0.25) is 9.88 Å². The van der Waals surface area contributed by atoms with Crippen molar-refractivity contribution in [3.05, 3.63) is 77.5 Å². The van der Waals surface area contributed by atoms with Crippen molar-refractivity contribution in [2.75, 3.05) is 26.3 Å². The Morgan fingerprint density at radius 3 is 2.47 bits per heavy atom. The fraction of sp³-hybridized carbons (Fsp3) is 0.217. The van der Waals surface area contributed by atoms with E-state index in [0.29, 0.717) is 11.4 Å². The zero-order valence-corrected chi connectivity index (χ0v) is 16.8. The normalized spacial score (nSPS) is 15.6. The van der Waals surface area contributed by atoms with Crippen LogP contribution in [-0.2, 0) is 11.3 Å². The maximum atomic E-state index is 6.56. The molecule has 2 heterocycles. The van der Waals surface area contributed by atoms with E-state index in [0.717, 1.165) is 54.9 Å². The second-order valence-electron chi connectivity index (χ2n) is 7.26. The maximum absolute atomic E-state index is 6.56. The van der Waals surface area contributed by atoms with E-state index in [1.807, 2.05) is 48.7 Å². The predicted octanol–water partition coefficient (Wildman–Crippen LogP) is 2.12. The van der Waals surface area contributed by atoms with Gasteiger partial charge in [0.1, 0.15) is 0 Å². The van der Waals surface area contributed by atoms with E-state index in [1.54, 1.807) is 0 Å². The van der Waals surface area contributed by atoms with Crippen molar-refractivity contribution >= 4 is 28.3 Å². The maximum Gasteiger partial charge on any atom is 0.191 e. The summed E-state index contributed by atoms with van der Waals surface area (Å²) in [7, 11) is 0. The standard InChI is InChI=1S/C23H26N6O/c24-21(22(28-23(25)26)16-4-2-1-3-5-16)17-6-7-20-19(14-17)18(8-9-27-20)15-29-10-12-30-13-11-29/h1-9,14H,10-13,15,24H2,(H4,25,26,28)/b22-21-. The molecule has 2 aromatic carbocycles. The molecule has 1 saturated heterocycles.